The number of aliphatic hydroxyl groups is 12. The number of rotatable bonds is 16. The number of aromatic amines is 3. The van der Waals surface area contributed by atoms with Crippen molar-refractivity contribution in [1.82, 2.24) is 57.3 Å². The van der Waals surface area contributed by atoms with Crippen LogP contribution in [-0.2, 0) is 28.4 Å². The second kappa shape index (κ2) is 38.2. The average Bonchev–Trinajstić information content (AvgIpc) is 1.66. The number of ether oxygens (including phenoxy) is 6. The van der Waals surface area contributed by atoms with Gasteiger partial charge in [0, 0.05) is 55.4 Å². The quantitative estimate of drug-likeness (QED) is 0.0244. The summed E-state index contributed by atoms with van der Waals surface area (Å²) in [5, 5.41) is 110. The Hall–Kier alpha value is -8.30. The van der Waals surface area contributed by atoms with Gasteiger partial charge < -0.3 is 107 Å². The Morgan fingerprint density at radius 1 is 0.404 bits per heavy atom. The van der Waals surface area contributed by atoms with E-state index in [9.17, 15) is 104 Å². The zero-order valence-electron chi connectivity index (χ0n) is 59.7. The van der Waals surface area contributed by atoms with E-state index in [-0.39, 0.29) is 24.1 Å². The highest BCUT2D eigenvalue weighted by Gasteiger charge is 2.59. The van der Waals surface area contributed by atoms with Crippen LogP contribution < -0.4 is 68.0 Å². The summed E-state index contributed by atoms with van der Waals surface area (Å²) in [6, 6.07) is 7.63. The first kappa shape index (κ1) is 92.9. The Labute approximate surface area is 671 Å². The number of hydrogen-bond acceptors (Lipinski definition) is 33. The van der Waals surface area contributed by atoms with Gasteiger partial charge in [0.25, 0.3) is 16.7 Å². The van der Waals surface area contributed by atoms with E-state index in [2.05, 4.69) is 49.9 Å². The standard InChI is InChI=1S/C11H16ClN3O4.C11H14ClN3O4.C11H12ClN3O4.C11H15ClN2O5.C11H13ClN2O5.C11H11ClN2O5/c3*1-2-11(5-16)8(17)7(12)9(19-11)15-4-3-6(13)14-10(15)18;3*1-2-11(5-15)8(17)7(12)9(19-11)14-4-3-6(16)13-10(14)18/h3-4,7-9,16-17H,2,5H2,1H3,(H2,13,14,18);2-4,7-9,16-17H,1,5H2,(H2,13,14,18);1,3-4,7-9,16-17H,5H2,(H2,13,14,18);3-4,7-9,15,17H,2,5H2,1H3,(H,13,16,18);2-4,7-9,15,17H,1,5H2,(H,13,16,18);1,3-4,7-9,15,17H,5H2,(H,13,16,18)/t6*7-,8+,9-,11-/m111111/s1. The molecule has 12 rings (SSSR count). The number of aliphatic hydroxyl groups excluding tert-OH is 12. The molecule has 12 heterocycles. The van der Waals surface area contributed by atoms with E-state index in [1.54, 1.807) is 13.8 Å². The fourth-order valence-corrected chi connectivity index (χ4v) is 14.5. The van der Waals surface area contributed by atoms with Crippen LogP contribution in [0.1, 0.15) is 64.1 Å². The summed E-state index contributed by atoms with van der Waals surface area (Å²) in [5.74, 6) is 4.53. The molecule has 0 unspecified atom stereocenters. The van der Waals surface area contributed by atoms with Crippen LogP contribution in [0.4, 0.5) is 17.5 Å². The average molecular weight is 1730 g/mol. The number of nitrogens with one attached hydrogen (secondary N) is 3. The van der Waals surface area contributed by atoms with Crippen LogP contribution in [0.15, 0.2) is 142 Å². The molecule has 6 aliphatic heterocycles. The lowest BCUT2D eigenvalue weighted by Gasteiger charge is -2.28. The van der Waals surface area contributed by atoms with Crippen LogP contribution >= 0.6 is 69.6 Å². The maximum Gasteiger partial charge on any atom is 0.351 e. The van der Waals surface area contributed by atoms with Crippen LogP contribution in [-0.4, -0.2) is 261 Å². The number of nitrogens with two attached hydrogens (primary N) is 3. The lowest BCUT2D eigenvalue weighted by Crippen LogP contribution is -2.44. The van der Waals surface area contributed by atoms with Gasteiger partial charge in [0.2, 0.25) is 0 Å². The van der Waals surface area contributed by atoms with Crippen molar-refractivity contribution in [2.45, 2.75) is 167 Å². The molecule has 48 heteroatoms. The van der Waals surface area contributed by atoms with Gasteiger partial charge in [-0.2, -0.15) is 15.0 Å². The van der Waals surface area contributed by atoms with Crippen molar-refractivity contribution in [2.24, 2.45) is 0 Å². The minimum Gasteiger partial charge on any atom is -0.393 e. The molecule has 0 spiro atoms. The number of hydrogen-bond donors (Lipinski definition) is 18. The third kappa shape index (κ3) is 18.4. The van der Waals surface area contributed by atoms with Gasteiger partial charge >= 0.3 is 34.1 Å². The number of nitrogen functional groups attached to an aromatic ring is 3. The fraction of sp³-hybridized carbons (Fsp3) is 0.515. The Kier molecular flexibility index (Phi) is 31.1. The molecule has 6 fully saturated rings. The molecule has 42 nitrogen and oxygen atoms in total. The lowest BCUT2D eigenvalue weighted by molar-refractivity contribution is -0.130. The third-order valence-electron chi connectivity index (χ3n) is 19.2. The molecule has 6 aromatic rings. The van der Waals surface area contributed by atoms with E-state index in [0.29, 0.717) is 12.8 Å². The molecule has 114 heavy (non-hydrogen) atoms. The topological polar surface area (TPSA) is 645 Å². The lowest BCUT2D eigenvalue weighted by atomic mass is 9.94. The van der Waals surface area contributed by atoms with Crippen molar-refractivity contribution >= 4 is 87.1 Å². The third-order valence-corrected chi connectivity index (χ3v) is 21.9. The van der Waals surface area contributed by atoms with E-state index in [1.165, 1.54) is 67.5 Å². The minimum atomic E-state index is -1.67. The first-order valence-corrected chi connectivity index (χ1v) is 36.2. The highest BCUT2D eigenvalue weighted by atomic mass is 35.5. The van der Waals surface area contributed by atoms with Crippen molar-refractivity contribution in [2.75, 3.05) is 56.8 Å². The Bertz CT molecular complexity index is 5030. The number of alkyl halides is 6. The van der Waals surface area contributed by atoms with Gasteiger partial charge in [-0.25, -0.2) is 28.8 Å². The van der Waals surface area contributed by atoms with E-state index in [4.69, 9.17) is 128 Å². The summed E-state index contributed by atoms with van der Waals surface area (Å²) in [7, 11) is 0. The number of nitrogens with zero attached hydrogens (tertiary/aromatic N) is 9. The van der Waals surface area contributed by atoms with Gasteiger partial charge in [-0.15, -0.1) is 95.6 Å². The highest BCUT2D eigenvalue weighted by Crippen LogP contribution is 2.46. The molecule has 6 saturated heterocycles. The van der Waals surface area contributed by atoms with Gasteiger partial charge in [0.15, 0.2) is 48.6 Å². The molecule has 624 valence electrons. The Morgan fingerprint density at radius 2 is 0.649 bits per heavy atom. The van der Waals surface area contributed by atoms with Gasteiger partial charge in [-0.05, 0) is 31.0 Å². The smallest absolute Gasteiger partial charge is 0.351 e. The number of aromatic nitrogens is 12. The van der Waals surface area contributed by atoms with E-state index in [0.717, 1.165) is 45.6 Å². The van der Waals surface area contributed by atoms with Crippen LogP contribution in [0, 0.1) is 24.7 Å². The molecule has 24 atom stereocenters. The van der Waals surface area contributed by atoms with Crippen molar-refractivity contribution < 1.29 is 89.7 Å². The molecule has 6 aromatic heterocycles. The zero-order chi connectivity index (χ0) is 85.2. The SMILES string of the molecule is C#C[C@]1(CO)O[C@@H](n2ccc(=O)[nH]c2=O)[C@H](Cl)[C@@H]1O.C#C[C@]1(CO)O[C@@H](n2ccc(N)nc2=O)[C@H](Cl)[C@@H]1O.C=C[C@]1(CO)O[C@@H](n2ccc(=O)[nH]c2=O)[C@H](Cl)[C@@H]1O.C=C[C@]1(CO)O[C@@H](n2ccc(N)nc2=O)[C@H](Cl)[C@@H]1O.CC[C@]1(CO)O[C@@H](n2ccc(=O)[nH]c2=O)[C@H](Cl)[C@@H]1O.CC[C@]1(CO)O[C@@H](n2ccc(N)nc2=O)[C@H](Cl)[C@@H]1O. The van der Waals surface area contributed by atoms with E-state index in [1.807, 2.05) is 4.98 Å². The zero-order valence-corrected chi connectivity index (χ0v) is 64.3. The molecule has 0 radical (unpaired) electrons. The van der Waals surface area contributed by atoms with Crippen molar-refractivity contribution in [3.63, 3.8) is 0 Å². The van der Waals surface area contributed by atoms with Gasteiger partial charge in [-0.3, -0.25) is 56.7 Å². The van der Waals surface area contributed by atoms with Crippen LogP contribution in [0.25, 0.3) is 0 Å². The van der Waals surface area contributed by atoms with Gasteiger partial charge in [-0.1, -0.05) is 37.8 Å². The molecule has 0 aliphatic carbocycles. The molecular weight excluding hydrogens is 1650 g/mol. The first-order valence-electron chi connectivity index (χ1n) is 33.6. The first-order chi connectivity index (χ1) is 53.7. The van der Waals surface area contributed by atoms with E-state index >= 15 is 0 Å². The molecule has 0 aromatic carbocycles. The predicted molar refractivity (Wildman–Crippen MR) is 405 cm³/mol. The summed E-state index contributed by atoms with van der Waals surface area (Å²) in [6.07, 6.45) is 8.15. The second-order valence-electron chi connectivity index (χ2n) is 25.7. The largest absolute Gasteiger partial charge is 0.393 e. The maximum absolute atomic E-state index is 11.8. The molecule has 21 N–H and O–H groups in total. The van der Waals surface area contributed by atoms with Crippen molar-refractivity contribution in [3.05, 3.63) is 193 Å². The highest BCUT2D eigenvalue weighted by molar-refractivity contribution is 6.23. The van der Waals surface area contributed by atoms with Crippen molar-refractivity contribution in [1.29, 1.82) is 0 Å². The summed E-state index contributed by atoms with van der Waals surface area (Å²) in [4.78, 5) is 120. The number of halogens is 6. The molecule has 0 saturated carbocycles. The molecule has 0 amide bonds. The Morgan fingerprint density at radius 3 is 0.868 bits per heavy atom. The minimum absolute atomic E-state index is 0.0521. The number of anilines is 3. The fourth-order valence-electron chi connectivity index (χ4n) is 12.1. The number of H-pyrrole nitrogens is 3. The summed E-state index contributed by atoms with van der Waals surface area (Å²) in [5.41, 5.74) is 1.88. The van der Waals surface area contributed by atoms with Gasteiger partial charge in [0.1, 0.15) is 109 Å². The van der Waals surface area contributed by atoms with Gasteiger partial charge in [0.05, 0.1) is 39.6 Å². The van der Waals surface area contributed by atoms with Crippen molar-refractivity contribution in [3.8, 4) is 24.7 Å². The Balaban J connectivity index is 0.000000189. The maximum atomic E-state index is 11.8. The van der Waals surface area contributed by atoms with E-state index < -0.39 is 224 Å². The van der Waals surface area contributed by atoms with Crippen LogP contribution in [0.5, 0.6) is 0 Å². The predicted octanol–water partition coefficient (Wildman–Crippen LogP) is -6.09. The molecule has 0 bridgehead atoms. The van der Waals surface area contributed by atoms with Crippen LogP contribution in [0.3, 0.4) is 0 Å². The molecule has 6 aliphatic rings. The van der Waals surface area contributed by atoms with Crippen LogP contribution in [0.2, 0.25) is 0 Å². The second-order valence-corrected chi connectivity index (χ2v) is 28.8. The summed E-state index contributed by atoms with van der Waals surface area (Å²) >= 11 is 36.3. The monoisotopic (exact) mass is 1730 g/mol. The summed E-state index contributed by atoms with van der Waals surface area (Å²) in [6.45, 7) is 7.38. The summed E-state index contributed by atoms with van der Waals surface area (Å²) < 4.78 is 39.4. The number of terminal acetylenes is 2. The normalized spacial score (nSPS) is 34.4. The molecular formula is C66H81Cl6N15O27.